The predicted octanol–water partition coefficient (Wildman–Crippen LogP) is 4.11. The van der Waals surface area contributed by atoms with Crippen LogP contribution < -0.4 is 5.73 Å². The highest BCUT2D eigenvalue weighted by atomic mass is 32.1. The lowest BCUT2D eigenvalue weighted by molar-refractivity contribution is 0.0527. The number of nitrogens with zero attached hydrogens (tertiary/aromatic N) is 2. The van der Waals surface area contributed by atoms with Gasteiger partial charge in [-0.05, 0) is 53.6 Å². The minimum atomic E-state index is -0.377. The van der Waals surface area contributed by atoms with Crippen LogP contribution in [0.3, 0.4) is 0 Å². The van der Waals surface area contributed by atoms with Gasteiger partial charge in [0.2, 0.25) is 5.95 Å². The van der Waals surface area contributed by atoms with Crippen molar-refractivity contribution in [2.75, 3.05) is 12.3 Å². The Morgan fingerprint density at radius 3 is 2.96 bits per heavy atom. The first-order valence-corrected chi connectivity index (χ1v) is 9.00. The van der Waals surface area contributed by atoms with Crippen molar-refractivity contribution in [2.45, 2.75) is 6.92 Å². The normalized spacial score (nSPS) is 11.0. The number of benzene rings is 1. The van der Waals surface area contributed by atoms with Gasteiger partial charge in [-0.25, -0.2) is 14.8 Å². The summed E-state index contributed by atoms with van der Waals surface area (Å²) in [5.41, 5.74) is 9.06. The van der Waals surface area contributed by atoms with Gasteiger partial charge < -0.3 is 15.5 Å². The first kappa shape index (κ1) is 16.3. The van der Waals surface area contributed by atoms with Crippen LogP contribution in [0.5, 0.6) is 0 Å². The summed E-state index contributed by atoms with van der Waals surface area (Å²) in [6.45, 7) is 2.09. The number of ether oxygens (including phenoxy) is 1. The topological polar surface area (TPSA) is 93.9 Å². The van der Waals surface area contributed by atoms with E-state index in [0.29, 0.717) is 29.3 Å². The van der Waals surface area contributed by atoms with E-state index in [9.17, 15) is 4.79 Å². The third kappa shape index (κ3) is 2.93. The molecular weight excluding hydrogens is 348 g/mol. The quantitative estimate of drug-likeness (QED) is 0.531. The molecule has 0 saturated heterocycles. The summed E-state index contributed by atoms with van der Waals surface area (Å²) in [6.07, 6.45) is 1.58. The van der Waals surface area contributed by atoms with Crippen LogP contribution in [-0.2, 0) is 4.74 Å². The standard InChI is InChI=1S/C19H16N4O2S/c1-2-25-18(24)13-10-15(14-5-7-21-19(20)23-14)22-17(13)12-3-4-16-11(9-12)6-8-26-16/h3-10,22H,2H2,1H3,(H2,20,21,23). The van der Waals surface area contributed by atoms with E-state index in [1.54, 1.807) is 36.6 Å². The Kier molecular flexibility index (Phi) is 4.14. The van der Waals surface area contributed by atoms with Crippen molar-refractivity contribution in [3.05, 3.63) is 53.5 Å². The molecule has 0 amide bonds. The van der Waals surface area contributed by atoms with Crippen LogP contribution in [0, 0.1) is 0 Å². The number of fused-ring (bicyclic) bond motifs is 1. The molecule has 4 aromatic rings. The predicted molar refractivity (Wildman–Crippen MR) is 103 cm³/mol. The number of carbonyl (C=O) groups is 1. The second kappa shape index (κ2) is 6.61. The van der Waals surface area contributed by atoms with Gasteiger partial charge in [-0.15, -0.1) is 11.3 Å². The number of esters is 1. The maximum Gasteiger partial charge on any atom is 0.340 e. The van der Waals surface area contributed by atoms with Gasteiger partial charge in [0.15, 0.2) is 0 Å². The summed E-state index contributed by atoms with van der Waals surface area (Å²) in [5.74, 6) is -0.200. The van der Waals surface area contributed by atoms with Crippen LogP contribution >= 0.6 is 11.3 Å². The van der Waals surface area contributed by atoms with Gasteiger partial charge in [0.1, 0.15) is 0 Å². The van der Waals surface area contributed by atoms with Crippen LogP contribution in [0.25, 0.3) is 32.7 Å². The van der Waals surface area contributed by atoms with Crippen LogP contribution in [0.2, 0.25) is 0 Å². The minimum absolute atomic E-state index is 0.177. The van der Waals surface area contributed by atoms with Crippen molar-refractivity contribution in [2.24, 2.45) is 0 Å². The van der Waals surface area contributed by atoms with Gasteiger partial charge in [-0.3, -0.25) is 0 Å². The summed E-state index contributed by atoms with van der Waals surface area (Å²) < 4.78 is 6.42. The largest absolute Gasteiger partial charge is 0.462 e. The maximum atomic E-state index is 12.5. The zero-order valence-electron chi connectivity index (χ0n) is 14.0. The summed E-state index contributed by atoms with van der Waals surface area (Å²) in [4.78, 5) is 23.9. The second-order valence-corrected chi connectivity index (χ2v) is 6.61. The van der Waals surface area contributed by atoms with Crippen molar-refractivity contribution in [1.29, 1.82) is 0 Å². The maximum absolute atomic E-state index is 12.5. The summed E-state index contributed by atoms with van der Waals surface area (Å²) in [5, 5.41) is 3.18. The molecule has 3 heterocycles. The van der Waals surface area contributed by atoms with Crippen LogP contribution in [0.15, 0.2) is 48.0 Å². The number of nitrogens with two attached hydrogens (primary N) is 1. The van der Waals surface area contributed by atoms with Crippen LogP contribution in [0.4, 0.5) is 5.95 Å². The zero-order valence-corrected chi connectivity index (χ0v) is 14.8. The van der Waals surface area contributed by atoms with Crippen LogP contribution in [-0.4, -0.2) is 27.5 Å². The number of hydrogen-bond acceptors (Lipinski definition) is 6. The first-order valence-electron chi connectivity index (χ1n) is 8.12. The van der Waals surface area contributed by atoms with Crippen molar-refractivity contribution < 1.29 is 9.53 Å². The minimum Gasteiger partial charge on any atom is -0.462 e. The highest BCUT2D eigenvalue weighted by Gasteiger charge is 2.19. The molecule has 0 aliphatic heterocycles. The third-order valence-corrected chi connectivity index (χ3v) is 4.90. The molecule has 3 N–H and O–H groups in total. The molecule has 0 unspecified atom stereocenters. The van der Waals surface area contributed by atoms with E-state index in [-0.39, 0.29) is 11.9 Å². The number of rotatable bonds is 4. The zero-order chi connectivity index (χ0) is 18.1. The van der Waals surface area contributed by atoms with Gasteiger partial charge in [0.05, 0.1) is 29.3 Å². The lowest BCUT2D eigenvalue weighted by atomic mass is 10.1. The lowest BCUT2D eigenvalue weighted by Crippen LogP contribution is -2.04. The van der Waals surface area contributed by atoms with Crippen molar-refractivity contribution >= 4 is 33.3 Å². The Hall–Kier alpha value is -3.19. The first-order chi connectivity index (χ1) is 12.7. The van der Waals surface area contributed by atoms with E-state index in [4.69, 9.17) is 10.5 Å². The number of carbonyl (C=O) groups excluding carboxylic acids is 1. The van der Waals surface area contributed by atoms with Gasteiger partial charge in [-0.1, -0.05) is 6.07 Å². The van der Waals surface area contributed by atoms with Crippen molar-refractivity contribution in [3.63, 3.8) is 0 Å². The van der Waals surface area contributed by atoms with Gasteiger partial charge >= 0.3 is 5.97 Å². The Balaban J connectivity index is 1.87. The van der Waals surface area contributed by atoms with E-state index in [2.05, 4.69) is 27.1 Å². The van der Waals surface area contributed by atoms with Gasteiger partial charge in [-0.2, -0.15) is 0 Å². The monoisotopic (exact) mass is 364 g/mol. The number of nitrogen functional groups attached to an aromatic ring is 1. The number of anilines is 1. The Morgan fingerprint density at radius 2 is 2.15 bits per heavy atom. The fourth-order valence-corrected chi connectivity index (χ4v) is 3.61. The van der Waals surface area contributed by atoms with E-state index in [1.165, 1.54) is 4.70 Å². The molecular formula is C19H16N4O2S. The summed E-state index contributed by atoms with van der Waals surface area (Å²) in [6, 6.07) is 11.6. The molecule has 0 aliphatic carbocycles. The molecule has 0 fully saturated rings. The fraction of sp³-hybridized carbons (Fsp3) is 0.105. The van der Waals surface area contributed by atoms with Gasteiger partial charge in [0, 0.05) is 10.9 Å². The number of thiophene rings is 1. The highest BCUT2D eigenvalue weighted by Crippen LogP contribution is 2.32. The molecule has 6 nitrogen and oxygen atoms in total. The Morgan fingerprint density at radius 1 is 1.27 bits per heavy atom. The number of H-pyrrole nitrogens is 1. The molecule has 0 aliphatic rings. The van der Waals surface area contributed by atoms with Gasteiger partial charge in [0.25, 0.3) is 0 Å². The molecule has 4 rings (SSSR count). The number of hydrogen-bond donors (Lipinski definition) is 2. The second-order valence-electron chi connectivity index (χ2n) is 5.67. The van der Waals surface area contributed by atoms with Crippen molar-refractivity contribution in [3.8, 4) is 22.6 Å². The molecule has 0 spiro atoms. The summed E-state index contributed by atoms with van der Waals surface area (Å²) >= 11 is 1.68. The van der Waals surface area contributed by atoms with Crippen molar-refractivity contribution in [1.82, 2.24) is 15.0 Å². The molecule has 0 atom stereocenters. The number of aromatic amines is 1. The third-order valence-electron chi connectivity index (χ3n) is 4.00. The fourth-order valence-electron chi connectivity index (χ4n) is 2.84. The molecule has 7 heteroatoms. The summed E-state index contributed by atoms with van der Waals surface area (Å²) in [7, 11) is 0. The highest BCUT2D eigenvalue weighted by molar-refractivity contribution is 7.17. The average Bonchev–Trinajstić information content (AvgIpc) is 3.28. The lowest BCUT2D eigenvalue weighted by Gasteiger charge is -2.04. The van der Waals surface area contributed by atoms with E-state index in [0.717, 1.165) is 10.9 Å². The molecule has 26 heavy (non-hydrogen) atoms. The smallest absolute Gasteiger partial charge is 0.340 e. The molecule has 3 aromatic heterocycles. The number of nitrogens with one attached hydrogen (secondary N) is 1. The van der Waals surface area contributed by atoms with E-state index < -0.39 is 0 Å². The van der Waals surface area contributed by atoms with E-state index >= 15 is 0 Å². The SMILES string of the molecule is CCOC(=O)c1cc(-c2ccnc(N)n2)[nH]c1-c1ccc2sccc2c1. The molecule has 0 radical (unpaired) electrons. The molecule has 0 saturated carbocycles. The van der Waals surface area contributed by atoms with E-state index in [1.807, 2.05) is 17.5 Å². The molecule has 0 bridgehead atoms. The Bertz CT molecular complexity index is 1100. The Labute approximate surface area is 153 Å². The molecule has 130 valence electrons. The van der Waals surface area contributed by atoms with Crippen LogP contribution in [0.1, 0.15) is 17.3 Å². The molecule has 1 aromatic carbocycles. The number of aromatic nitrogens is 3. The average molecular weight is 364 g/mol.